The lowest BCUT2D eigenvalue weighted by Gasteiger charge is -2.38. The first kappa shape index (κ1) is 21.0. The summed E-state index contributed by atoms with van der Waals surface area (Å²) in [6.45, 7) is 5.67. The van der Waals surface area contributed by atoms with Crippen LogP contribution in [0.4, 0.5) is 0 Å². The average molecular weight is 511 g/mol. The molecular weight excluding hydrogens is 486 g/mol. The van der Waals surface area contributed by atoms with Crippen LogP contribution in [0.3, 0.4) is 0 Å². The molecule has 2 aliphatic heterocycles. The van der Waals surface area contributed by atoms with Crippen LogP contribution in [-0.2, 0) is 28.6 Å². The molecule has 0 aromatic rings. The quantitative estimate of drug-likeness (QED) is 0.344. The first-order valence-electron chi connectivity index (χ1n) is 9.31. The first-order valence-corrected chi connectivity index (χ1v) is 11.1. The van der Waals surface area contributed by atoms with E-state index in [0.717, 1.165) is 25.9 Å². The first-order chi connectivity index (χ1) is 12.7. The van der Waals surface area contributed by atoms with Crippen molar-refractivity contribution in [2.75, 3.05) is 13.1 Å². The van der Waals surface area contributed by atoms with Gasteiger partial charge in [0.15, 0.2) is 3.74 Å². The van der Waals surface area contributed by atoms with Gasteiger partial charge in [-0.05, 0) is 39.8 Å². The molecule has 0 spiro atoms. The van der Waals surface area contributed by atoms with Gasteiger partial charge < -0.3 is 19.5 Å². The molecule has 4 unspecified atom stereocenters. The van der Waals surface area contributed by atoms with Crippen molar-refractivity contribution in [1.29, 1.82) is 0 Å². The van der Waals surface area contributed by atoms with Crippen molar-refractivity contribution in [1.82, 2.24) is 5.32 Å². The molecule has 4 atom stereocenters. The molecule has 2 bridgehead atoms. The second-order valence-electron chi connectivity index (χ2n) is 7.98. The third-order valence-corrected chi connectivity index (χ3v) is 6.63. The minimum atomic E-state index is -0.654. The lowest BCUT2D eigenvalue weighted by atomic mass is 9.78. The van der Waals surface area contributed by atoms with Crippen LogP contribution in [0, 0.1) is 17.8 Å². The summed E-state index contributed by atoms with van der Waals surface area (Å²) in [5, 5.41) is 3.31. The number of fused-ring (bicyclic) bond motifs is 2. The lowest BCUT2D eigenvalue weighted by molar-refractivity contribution is -0.175. The molecule has 1 aliphatic carbocycles. The number of ether oxygens (including phenoxy) is 3. The molecule has 3 aliphatic rings. The number of rotatable bonds is 5. The number of carbonyl (C=O) groups excluding carboxylic acids is 3. The molecule has 2 saturated heterocycles. The van der Waals surface area contributed by atoms with Crippen LogP contribution in [0.15, 0.2) is 0 Å². The van der Waals surface area contributed by atoms with Gasteiger partial charge in [-0.25, -0.2) is 4.79 Å². The summed E-state index contributed by atoms with van der Waals surface area (Å²) in [5.41, 5.74) is -0.610. The summed E-state index contributed by atoms with van der Waals surface area (Å²) < 4.78 is 16.0. The summed E-state index contributed by atoms with van der Waals surface area (Å²) in [5.74, 6) is -2.23. The Labute approximate surface area is 175 Å². The van der Waals surface area contributed by atoms with Gasteiger partial charge in [-0.3, -0.25) is 9.59 Å². The number of nitrogens with one attached hydrogen (secondary N) is 1. The van der Waals surface area contributed by atoms with Crippen LogP contribution >= 0.6 is 31.9 Å². The van der Waals surface area contributed by atoms with Crippen molar-refractivity contribution in [2.24, 2.45) is 17.8 Å². The fourth-order valence-electron chi connectivity index (χ4n) is 4.27. The molecule has 7 nitrogen and oxygen atoms in total. The number of halogens is 2. The Bertz CT molecular complexity index is 605. The molecule has 3 fully saturated rings. The van der Waals surface area contributed by atoms with Crippen molar-refractivity contribution in [3.8, 4) is 0 Å². The zero-order chi connectivity index (χ0) is 19.8. The van der Waals surface area contributed by atoms with E-state index in [1.807, 2.05) is 13.8 Å². The fourth-order valence-corrected chi connectivity index (χ4v) is 4.49. The van der Waals surface area contributed by atoms with Gasteiger partial charge >= 0.3 is 17.9 Å². The van der Waals surface area contributed by atoms with Gasteiger partial charge in [0.1, 0.15) is 17.8 Å². The van der Waals surface area contributed by atoms with E-state index in [1.165, 1.54) is 0 Å². The molecule has 27 heavy (non-hydrogen) atoms. The third kappa shape index (κ3) is 4.67. The Kier molecular flexibility index (Phi) is 6.52. The van der Waals surface area contributed by atoms with Crippen LogP contribution < -0.4 is 5.32 Å². The van der Waals surface area contributed by atoms with Gasteiger partial charge in [-0.2, -0.15) is 0 Å². The number of alkyl halides is 2. The maximum atomic E-state index is 13.0. The highest BCUT2D eigenvalue weighted by Crippen LogP contribution is 2.42. The van der Waals surface area contributed by atoms with Gasteiger partial charge in [-0.15, -0.1) is 0 Å². The van der Waals surface area contributed by atoms with Gasteiger partial charge in [-0.1, -0.05) is 31.9 Å². The third-order valence-electron chi connectivity index (χ3n) is 5.88. The predicted octanol–water partition coefficient (Wildman–Crippen LogP) is 2.29. The number of carbonyl (C=O) groups is 3. The fraction of sp³-hybridized carbons (Fsp3) is 0.833. The largest absolute Gasteiger partial charge is 0.459 e. The predicted molar refractivity (Wildman–Crippen MR) is 103 cm³/mol. The molecular formula is C18H25Br2NO6. The zero-order valence-electron chi connectivity index (χ0n) is 15.4. The van der Waals surface area contributed by atoms with Gasteiger partial charge in [0.05, 0.1) is 11.8 Å². The van der Waals surface area contributed by atoms with Crippen molar-refractivity contribution < 1.29 is 28.6 Å². The zero-order valence-corrected chi connectivity index (χ0v) is 18.6. The molecule has 2 heterocycles. The minimum absolute atomic E-state index is 0.237. The van der Waals surface area contributed by atoms with E-state index in [9.17, 15) is 14.4 Å². The van der Waals surface area contributed by atoms with E-state index in [0.29, 0.717) is 6.42 Å². The second-order valence-corrected chi connectivity index (χ2v) is 11.0. The van der Waals surface area contributed by atoms with E-state index >= 15 is 0 Å². The van der Waals surface area contributed by atoms with Crippen LogP contribution in [0.5, 0.6) is 0 Å². The summed E-state index contributed by atoms with van der Waals surface area (Å²) >= 11 is 6.19. The van der Waals surface area contributed by atoms with Crippen LogP contribution in [0.25, 0.3) is 0 Å². The monoisotopic (exact) mass is 509 g/mol. The smallest absolute Gasteiger partial charge is 0.331 e. The summed E-state index contributed by atoms with van der Waals surface area (Å²) in [6.07, 6.45) is 1.36. The summed E-state index contributed by atoms with van der Waals surface area (Å²) in [4.78, 5) is 37.1. The summed E-state index contributed by atoms with van der Waals surface area (Å²) in [7, 11) is 0. The maximum Gasteiger partial charge on any atom is 0.331 e. The summed E-state index contributed by atoms with van der Waals surface area (Å²) in [6, 6.07) is 0. The molecule has 9 heteroatoms. The van der Waals surface area contributed by atoms with Crippen LogP contribution in [-0.4, -0.2) is 52.5 Å². The molecule has 0 amide bonds. The van der Waals surface area contributed by atoms with Crippen molar-refractivity contribution in [3.63, 3.8) is 0 Å². The van der Waals surface area contributed by atoms with Crippen molar-refractivity contribution in [2.45, 2.75) is 61.1 Å². The van der Waals surface area contributed by atoms with Crippen molar-refractivity contribution in [3.05, 3.63) is 0 Å². The van der Waals surface area contributed by atoms with Gasteiger partial charge in [0.25, 0.3) is 0 Å². The Morgan fingerprint density at radius 1 is 1.22 bits per heavy atom. The Morgan fingerprint density at radius 3 is 2.52 bits per heavy atom. The molecule has 0 radical (unpaired) electrons. The van der Waals surface area contributed by atoms with E-state index in [2.05, 4.69) is 37.2 Å². The topological polar surface area (TPSA) is 90.9 Å². The number of hydrogen-bond donors (Lipinski definition) is 1. The number of piperidine rings is 1. The number of esters is 3. The average Bonchev–Trinajstić information content (AvgIpc) is 2.94. The second kappa shape index (κ2) is 8.37. The van der Waals surface area contributed by atoms with Gasteiger partial charge in [0, 0.05) is 18.8 Å². The highest BCUT2D eigenvalue weighted by Gasteiger charge is 2.54. The maximum absolute atomic E-state index is 13.0. The molecule has 152 valence electrons. The van der Waals surface area contributed by atoms with Gasteiger partial charge in [0.2, 0.25) is 0 Å². The molecule has 1 N–H and O–H groups in total. The molecule has 0 aromatic carbocycles. The van der Waals surface area contributed by atoms with E-state index in [-0.39, 0.29) is 12.3 Å². The van der Waals surface area contributed by atoms with E-state index < -0.39 is 51.3 Å². The lowest BCUT2D eigenvalue weighted by Crippen LogP contribution is -2.46. The highest BCUT2D eigenvalue weighted by molar-refractivity contribution is 9.25. The SMILES string of the molecule is CC(C)(OC(=O)C1CC(OC(=O)C(Br)Br)C2CC1C(=O)O2)C1CCNCC1. The normalized spacial score (nSPS) is 31.5. The molecule has 3 rings (SSSR count). The Morgan fingerprint density at radius 2 is 1.89 bits per heavy atom. The van der Waals surface area contributed by atoms with E-state index in [4.69, 9.17) is 14.2 Å². The molecule has 1 saturated carbocycles. The van der Waals surface area contributed by atoms with Crippen LogP contribution in [0.1, 0.15) is 39.5 Å². The Balaban J connectivity index is 1.69. The Hall–Kier alpha value is -0.670. The van der Waals surface area contributed by atoms with E-state index in [1.54, 1.807) is 0 Å². The molecule has 0 aromatic heterocycles. The highest BCUT2D eigenvalue weighted by atomic mass is 79.9. The number of hydrogen-bond acceptors (Lipinski definition) is 7. The van der Waals surface area contributed by atoms with Crippen molar-refractivity contribution >= 4 is 49.8 Å². The minimum Gasteiger partial charge on any atom is -0.459 e. The standard InChI is InChI=1S/C18H25Br2NO6/c1-18(2,9-3-5-21-6-4-9)27-16(23)11-8-13(26-17(24)14(19)20)12-7-10(11)15(22)25-12/h9-14,21H,3-8H2,1-2H3. The van der Waals surface area contributed by atoms with Crippen LogP contribution in [0.2, 0.25) is 0 Å².